The normalized spacial score (nSPS) is 27.2. The summed E-state index contributed by atoms with van der Waals surface area (Å²) in [6, 6.07) is -2.07. The van der Waals surface area contributed by atoms with Crippen LogP contribution in [-0.4, -0.2) is 58.2 Å². The van der Waals surface area contributed by atoms with Gasteiger partial charge >= 0.3 is 0 Å². The number of β-lactam (4-membered cyclic amide) rings is 1. The van der Waals surface area contributed by atoms with Gasteiger partial charge in [0.05, 0.1) is 11.2 Å². The first-order valence-corrected chi connectivity index (χ1v) is 10.1. The zero-order valence-corrected chi connectivity index (χ0v) is 15.5. The Hall–Kier alpha value is -2.01. The topological polar surface area (TPSA) is 126 Å². The van der Waals surface area contributed by atoms with Crippen molar-refractivity contribution in [2.75, 3.05) is 5.32 Å². The molecule has 0 radical (unpaired) electrons. The minimum Gasteiger partial charge on any atom is -0.343 e. The van der Waals surface area contributed by atoms with Gasteiger partial charge in [0, 0.05) is 11.6 Å². The number of nitrogens with one attached hydrogen (secondary N) is 2. The average Bonchev–Trinajstić information content (AvgIpc) is 3.05. The lowest BCUT2D eigenvalue weighted by atomic mass is 9.97. The van der Waals surface area contributed by atoms with E-state index in [9.17, 15) is 22.8 Å². The van der Waals surface area contributed by atoms with Crippen molar-refractivity contribution < 1.29 is 22.8 Å². The summed E-state index contributed by atoms with van der Waals surface area (Å²) in [5.41, 5.74) is 0. The zero-order chi connectivity index (χ0) is 18.6. The largest absolute Gasteiger partial charge is 0.343 e. The van der Waals surface area contributed by atoms with Crippen molar-refractivity contribution >= 4 is 44.0 Å². The molecule has 0 aliphatic carbocycles. The first kappa shape index (κ1) is 17.8. The molecule has 3 atom stereocenters. The monoisotopic (exact) mass is 386 g/mol. The summed E-state index contributed by atoms with van der Waals surface area (Å²) in [6.45, 7) is 4.34. The van der Waals surface area contributed by atoms with Gasteiger partial charge < -0.3 is 15.5 Å². The van der Waals surface area contributed by atoms with E-state index in [1.807, 2.05) is 0 Å². The van der Waals surface area contributed by atoms with Gasteiger partial charge in [-0.2, -0.15) is 0 Å². The molecule has 1 aromatic heterocycles. The number of carbonyl (C=O) groups is 3. The molecule has 2 aliphatic heterocycles. The number of thiazole rings is 1. The molecule has 2 saturated heterocycles. The highest BCUT2D eigenvalue weighted by Crippen LogP contribution is 2.45. The Morgan fingerprint density at radius 1 is 1.44 bits per heavy atom. The van der Waals surface area contributed by atoms with Crippen molar-refractivity contribution in [1.29, 1.82) is 0 Å². The number of nitrogens with zero attached hydrogens (tertiary/aromatic N) is 2. The highest BCUT2D eigenvalue weighted by molar-refractivity contribution is 7.93. The van der Waals surface area contributed by atoms with Crippen LogP contribution in [0.2, 0.25) is 0 Å². The lowest BCUT2D eigenvalue weighted by Crippen LogP contribution is -2.61. The van der Waals surface area contributed by atoms with Crippen molar-refractivity contribution in [3.05, 3.63) is 11.6 Å². The molecule has 2 N–H and O–H groups in total. The van der Waals surface area contributed by atoms with E-state index in [0.29, 0.717) is 5.13 Å². The second kappa shape index (κ2) is 5.77. The van der Waals surface area contributed by atoms with Crippen LogP contribution in [-0.2, 0) is 24.2 Å². The standard InChI is InChI=1S/C14H18N4O5S2/c1-7(11(20)17-13-15-4-5-24-13)16-12(21)10-14(2,3)25(22,23)9-6-8(19)18(9)10/h4-5,7,9-10H,6H2,1-3H3,(H,16,21)(H,15,17,20). The number of rotatable bonds is 4. The van der Waals surface area contributed by atoms with Crippen LogP contribution in [0, 0.1) is 0 Å². The van der Waals surface area contributed by atoms with Gasteiger partial charge in [0.2, 0.25) is 17.7 Å². The first-order valence-electron chi connectivity index (χ1n) is 7.62. The predicted molar refractivity (Wildman–Crippen MR) is 90.4 cm³/mol. The van der Waals surface area contributed by atoms with E-state index in [-0.39, 0.29) is 12.3 Å². The molecule has 25 heavy (non-hydrogen) atoms. The Bertz CT molecular complexity index is 833. The molecule has 11 heteroatoms. The average molecular weight is 386 g/mol. The summed E-state index contributed by atoms with van der Waals surface area (Å²) < 4.78 is 23.6. The molecule has 3 rings (SSSR count). The maximum absolute atomic E-state index is 12.6. The van der Waals surface area contributed by atoms with Gasteiger partial charge in [0.1, 0.15) is 17.5 Å². The highest BCUT2D eigenvalue weighted by atomic mass is 32.2. The van der Waals surface area contributed by atoms with Gasteiger partial charge in [-0.3, -0.25) is 14.4 Å². The summed E-state index contributed by atoms with van der Waals surface area (Å²) in [4.78, 5) is 41.6. The van der Waals surface area contributed by atoms with Crippen LogP contribution < -0.4 is 10.6 Å². The third-order valence-corrected chi connectivity index (χ3v) is 8.13. The molecule has 2 fully saturated rings. The van der Waals surface area contributed by atoms with Gasteiger partial charge in [-0.15, -0.1) is 11.3 Å². The number of sulfone groups is 1. The maximum atomic E-state index is 12.6. The SMILES string of the molecule is CC(NC(=O)C1N2C(=O)CC2S(=O)(=O)C1(C)C)C(=O)Nc1nccs1. The number of carbonyl (C=O) groups excluding carboxylic acids is 3. The third kappa shape index (κ3) is 2.61. The van der Waals surface area contributed by atoms with E-state index >= 15 is 0 Å². The highest BCUT2D eigenvalue weighted by Gasteiger charge is 2.67. The number of aromatic nitrogens is 1. The third-order valence-electron chi connectivity index (χ3n) is 4.64. The lowest BCUT2D eigenvalue weighted by molar-refractivity contribution is -0.150. The fraction of sp³-hybridized carbons (Fsp3) is 0.571. The summed E-state index contributed by atoms with van der Waals surface area (Å²) in [5, 5.41) is 6.19. The maximum Gasteiger partial charge on any atom is 0.248 e. The second-order valence-corrected chi connectivity index (χ2v) is 10.1. The van der Waals surface area contributed by atoms with Crippen molar-refractivity contribution in [1.82, 2.24) is 15.2 Å². The molecule has 3 amide bonds. The molecule has 3 heterocycles. The fourth-order valence-electron chi connectivity index (χ4n) is 3.11. The smallest absolute Gasteiger partial charge is 0.248 e. The van der Waals surface area contributed by atoms with Gasteiger partial charge in [0.15, 0.2) is 15.0 Å². The Morgan fingerprint density at radius 3 is 2.68 bits per heavy atom. The molecule has 9 nitrogen and oxygen atoms in total. The van der Waals surface area contributed by atoms with Crippen LogP contribution in [0.1, 0.15) is 27.2 Å². The van der Waals surface area contributed by atoms with Crippen LogP contribution >= 0.6 is 11.3 Å². The van der Waals surface area contributed by atoms with Crippen molar-refractivity contribution in [3.8, 4) is 0 Å². The molecule has 3 unspecified atom stereocenters. The Labute approximate surface area is 148 Å². The number of anilines is 1. The van der Waals surface area contributed by atoms with Crippen molar-refractivity contribution in [3.63, 3.8) is 0 Å². The molecule has 0 spiro atoms. The van der Waals surface area contributed by atoms with E-state index in [4.69, 9.17) is 0 Å². The zero-order valence-electron chi connectivity index (χ0n) is 13.8. The van der Waals surface area contributed by atoms with E-state index in [1.54, 1.807) is 5.38 Å². The van der Waals surface area contributed by atoms with E-state index < -0.39 is 43.9 Å². The van der Waals surface area contributed by atoms with Crippen LogP contribution in [0.4, 0.5) is 5.13 Å². The van der Waals surface area contributed by atoms with Crippen molar-refractivity contribution in [2.45, 2.75) is 49.4 Å². The molecular weight excluding hydrogens is 368 g/mol. The number of amides is 3. The Kier molecular flexibility index (Phi) is 4.11. The van der Waals surface area contributed by atoms with E-state index in [2.05, 4.69) is 15.6 Å². The summed E-state index contributed by atoms with van der Waals surface area (Å²) in [5.74, 6) is -1.52. The van der Waals surface area contributed by atoms with Gasteiger partial charge in [0.25, 0.3) is 0 Å². The molecule has 136 valence electrons. The number of hydrogen-bond acceptors (Lipinski definition) is 7. The Morgan fingerprint density at radius 2 is 2.12 bits per heavy atom. The Balaban J connectivity index is 1.74. The van der Waals surface area contributed by atoms with Gasteiger partial charge in [-0.05, 0) is 20.8 Å². The van der Waals surface area contributed by atoms with Crippen LogP contribution in [0.5, 0.6) is 0 Å². The van der Waals surface area contributed by atoms with Crippen molar-refractivity contribution in [2.24, 2.45) is 0 Å². The molecule has 0 saturated carbocycles. The van der Waals surface area contributed by atoms with Gasteiger partial charge in [-0.1, -0.05) is 0 Å². The minimum atomic E-state index is -3.65. The number of hydrogen-bond donors (Lipinski definition) is 2. The molecule has 0 bridgehead atoms. The van der Waals surface area contributed by atoms with E-state index in [1.165, 1.54) is 38.3 Å². The molecule has 0 aromatic carbocycles. The minimum absolute atomic E-state index is 0.102. The predicted octanol–water partition coefficient (Wildman–Crippen LogP) is -0.280. The molecule has 2 aliphatic rings. The number of fused-ring (bicyclic) bond motifs is 1. The van der Waals surface area contributed by atoms with Gasteiger partial charge in [-0.25, -0.2) is 13.4 Å². The second-order valence-electron chi connectivity index (χ2n) is 6.57. The summed E-state index contributed by atoms with van der Waals surface area (Å²) in [6.07, 6.45) is 1.43. The van der Waals surface area contributed by atoms with Crippen LogP contribution in [0.25, 0.3) is 0 Å². The first-order chi connectivity index (χ1) is 11.6. The summed E-state index contributed by atoms with van der Waals surface area (Å²) >= 11 is 1.23. The lowest BCUT2D eigenvalue weighted by Gasteiger charge is -2.37. The van der Waals surface area contributed by atoms with E-state index in [0.717, 1.165) is 4.90 Å². The van der Waals surface area contributed by atoms with Crippen LogP contribution in [0.15, 0.2) is 11.6 Å². The molecular formula is C14H18N4O5S2. The molecule has 1 aromatic rings. The summed E-state index contributed by atoms with van der Waals surface area (Å²) in [7, 11) is -3.65. The fourth-order valence-corrected chi connectivity index (χ4v) is 5.78. The quantitative estimate of drug-likeness (QED) is 0.686. The van der Waals surface area contributed by atoms with Crippen LogP contribution in [0.3, 0.4) is 0 Å².